The summed E-state index contributed by atoms with van der Waals surface area (Å²) in [6.07, 6.45) is 1.66. The normalized spacial score (nSPS) is 11.0. The fourth-order valence-electron chi connectivity index (χ4n) is 3.08. The minimum absolute atomic E-state index is 0.137. The Morgan fingerprint density at radius 3 is 2.80 bits per heavy atom. The Morgan fingerprint density at radius 2 is 2.00 bits per heavy atom. The number of ether oxygens (including phenoxy) is 2. The first kappa shape index (κ1) is 20.1. The lowest BCUT2D eigenvalue weighted by Crippen LogP contribution is -2.22. The minimum atomic E-state index is -0.137. The third-order valence-electron chi connectivity index (χ3n) is 4.58. The summed E-state index contributed by atoms with van der Waals surface area (Å²) < 4.78 is 12.5. The van der Waals surface area contributed by atoms with Gasteiger partial charge in [-0.25, -0.2) is 9.67 Å². The number of nitrogens with one attached hydrogen (secondary N) is 1. The highest BCUT2D eigenvalue weighted by Crippen LogP contribution is 2.30. The Balaban J connectivity index is 1.51. The van der Waals surface area contributed by atoms with Gasteiger partial charge < -0.3 is 14.8 Å². The van der Waals surface area contributed by atoms with E-state index in [1.165, 1.54) is 11.3 Å². The number of hydrogen-bond acceptors (Lipinski definition) is 6. The largest absolute Gasteiger partial charge is 0.475 e. The fraction of sp³-hybridized carbons (Fsp3) is 0.227. The lowest BCUT2D eigenvalue weighted by molar-refractivity contribution is 0.0954. The molecule has 0 fully saturated rings. The van der Waals surface area contributed by atoms with E-state index in [4.69, 9.17) is 9.47 Å². The van der Waals surface area contributed by atoms with Crippen LogP contribution in [0.3, 0.4) is 0 Å². The third-order valence-corrected chi connectivity index (χ3v) is 5.69. The molecule has 0 aliphatic heterocycles. The molecule has 1 aromatic carbocycles. The maximum absolute atomic E-state index is 12.8. The number of aromatic nitrogens is 3. The predicted molar refractivity (Wildman–Crippen MR) is 116 cm³/mol. The van der Waals surface area contributed by atoms with Gasteiger partial charge in [0.15, 0.2) is 0 Å². The van der Waals surface area contributed by atoms with Gasteiger partial charge in [0.25, 0.3) is 5.91 Å². The summed E-state index contributed by atoms with van der Waals surface area (Å²) in [6, 6.07) is 15.5. The number of thiophene rings is 1. The number of nitrogens with zero attached hydrogens (tertiary/aromatic N) is 3. The van der Waals surface area contributed by atoms with E-state index in [2.05, 4.69) is 15.4 Å². The van der Waals surface area contributed by atoms with Crippen LogP contribution in [0, 0.1) is 6.92 Å². The van der Waals surface area contributed by atoms with Crippen LogP contribution < -0.4 is 10.1 Å². The monoisotopic (exact) mass is 422 g/mol. The zero-order valence-electron chi connectivity index (χ0n) is 16.8. The van der Waals surface area contributed by atoms with Gasteiger partial charge in [-0.05, 0) is 31.2 Å². The lowest BCUT2D eigenvalue weighted by atomic mass is 10.2. The van der Waals surface area contributed by atoms with Crippen molar-refractivity contribution in [2.45, 2.75) is 13.5 Å². The number of hydrogen-bond donors (Lipinski definition) is 1. The van der Waals surface area contributed by atoms with E-state index < -0.39 is 0 Å². The molecule has 0 bridgehead atoms. The number of benzene rings is 1. The van der Waals surface area contributed by atoms with E-state index in [1.807, 2.05) is 60.1 Å². The zero-order valence-corrected chi connectivity index (χ0v) is 17.6. The second-order valence-corrected chi connectivity index (χ2v) is 7.68. The van der Waals surface area contributed by atoms with Gasteiger partial charge in [-0.1, -0.05) is 24.3 Å². The molecule has 4 aromatic rings. The fourth-order valence-corrected chi connectivity index (χ4v) is 4.18. The molecule has 0 aliphatic rings. The second kappa shape index (κ2) is 9.06. The second-order valence-electron chi connectivity index (χ2n) is 6.65. The van der Waals surface area contributed by atoms with Crippen molar-refractivity contribution < 1.29 is 14.3 Å². The van der Waals surface area contributed by atoms with Crippen molar-refractivity contribution in [3.8, 4) is 11.6 Å². The van der Waals surface area contributed by atoms with Gasteiger partial charge in [0.1, 0.15) is 11.4 Å². The molecule has 0 radical (unpaired) electrons. The SMILES string of the molecule is COCCOc1ncccc1CNC(=O)c1cc2c(C)nn(-c3ccccc3)c2s1. The van der Waals surface area contributed by atoms with Gasteiger partial charge in [0, 0.05) is 30.8 Å². The summed E-state index contributed by atoms with van der Waals surface area (Å²) >= 11 is 1.43. The van der Waals surface area contributed by atoms with Gasteiger partial charge in [-0.2, -0.15) is 5.10 Å². The van der Waals surface area contributed by atoms with Crippen LogP contribution in [-0.2, 0) is 11.3 Å². The van der Waals surface area contributed by atoms with Crippen LogP contribution in [-0.4, -0.2) is 41.0 Å². The maximum atomic E-state index is 12.8. The molecule has 0 atom stereocenters. The van der Waals surface area contributed by atoms with Gasteiger partial charge in [0.2, 0.25) is 5.88 Å². The Bertz CT molecular complexity index is 1150. The Labute approximate surface area is 178 Å². The molecule has 1 amide bonds. The molecule has 0 saturated heterocycles. The van der Waals surface area contributed by atoms with Crippen molar-refractivity contribution >= 4 is 27.5 Å². The summed E-state index contributed by atoms with van der Waals surface area (Å²) in [6.45, 7) is 3.16. The standard InChI is InChI=1S/C22H22N4O3S/c1-15-18-13-19(30-22(18)26(25-15)17-8-4-3-5-9-17)20(27)24-14-16-7-6-10-23-21(16)29-12-11-28-2/h3-10,13H,11-12,14H2,1-2H3,(H,24,27). The van der Waals surface area contributed by atoms with Crippen LogP contribution in [0.25, 0.3) is 15.9 Å². The number of rotatable bonds is 8. The summed E-state index contributed by atoms with van der Waals surface area (Å²) in [5.41, 5.74) is 2.68. The predicted octanol–water partition coefficient (Wildman–Crippen LogP) is 3.75. The lowest BCUT2D eigenvalue weighted by Gasteiger charge is -2.10. The number of carbonyl (C=O) groups is 1. The molecule has 4 rings (SSSR count). The first-order chi connectivity index (χ1) is 14.7. The highest BCUT2D eigenvalue weighted by Gasteiger charge is 2.17. The maximum Gasteiger partial charge on any atom is 0.261 e. The highest BCUT2D eigenvalue weighted by molar-refractivity contribution is 7.20. The molecule has 0 aliphatic carbocycles. The number of amides is 1. The first-order valence-corrected chi connectivity index (χ1v) is 10.4. The van der Waals surface area contributed by atoms with Crippen LogP contribution in [0.15, 0.2) is 54.7 Å². The molecule has 154 valence electrons. The van der Waals surface area contributed by atoms with E-state index in [1.54, 1.807) is 13.3 Å². The highest BCUT2D eigenvalue weighted by atomic mass is 32.1. The van der Waals surface area contributed by atoms with Crippen LogP contribution in [0.5, 0.6) is 5.88 Å². The number of carbonyl (C=O) groups excluding carboxylic acids is 1. The van der Waals surface area contributed by atoms with E-state index in [0.717, 1.165) is 27.2 Å². The van der Waals surface area contributed by atoms with Crippen LogP contribution in [0.2, 0.25) is 0 Å². The number of methoxy groups -OCH3 is 1. The molecule has 0 spiro atoms. The van der Waals surface area contributed by atoms with Gasteiger partial charge in [-0.15, -0.1) is 11.3 Å². The van der Waals surface area contributed by atoms with E-state index in [0.29, 0.717) is 30.5 Å². The molecule has 8 heteroatoms. The van der Waals surface area contributed by atoms with E-state index in [-0.39, 0.29) is 5.91 Å². The summed E-state index contributed by atoms with van der Waals surface area (Å²) in [4.78, 5) is 18.6. The number of fused-ring (bicyclic) bond motifs is 1. The van der Waals surface area contributed by atoms with E-state index >= 15 is 0 Å². The molecule has 0 unspecified atom stereocenters. The molecular weight excluding hydrogens is 400 g/mol. The van der Waals surface area contributed by atoms with Crippen LogP contribution in [0.1, 0.15) is 20.9 Å². The first-order valence-electron chi connectivity index (χ1n) is 9.56. The average Bonchev–Trinajstić information content (AvgIpc) is 3.34. The molecular formula is C22H22N4O3S. The summed E-state index contributed by atoms with van der Waals surface area (Å²) in [5, 5.41) is 8.57. The zero-order chi connectivity index (χ0) is 20.9. The van der Waals surface area contributed by atoms with Crippen molar-refractivity contribution in [1.82, 2.24) is 20.1 Å². The number of aryl methyl sites for hydroxylation is 1. The van der Waals surface area contributed by atoms with E-state index in [9.17, 15) is 4.79 Å². The van der Waals surface area contributed by atoms with Crippen molar-refractivity contribution in [2.75, 3.05) is 20.3 Å². The van der Waals surface area contributed by atoms with Crippen LogP contribution >= 0.6 is 11.3 Å². The topological polar surface area (TPSA) is 78.3 Å². The molecule has 3 heterocycles. The number of para-hydroxylation sites is 1. The van der Waals surface area contributed by atoms with Gasteiger partial charge >= 0.3 is 0 Å². The van der Waals surface area contributed by atoms with Crippen molar-refractivity contribution in [3.05, 3.63) is 70.9 Å². The molecule has 0 saturated carbocycles. The Hall–Kier alpha value is -3.23. The van der Waals surface area contributed by atoms with Gasteiger partial charge in [-0.3, -0.25) is 4.79 Å². The molecule has 3 aromatic heterocycles. The quantitative estimate of drug-likeness (QED) is 0.438. The molecule has 30 heavy (non-hydrogen) atoms. The Kier molecular flexibility index (Phi) is 6.06. The van der Waals surface area contributed by atoms with Crippen molar-refractivity contribution in [1.29, 1.82) is 0 Å². The third kappa shape index (κ3) is 4.19. The molecule has 1 N–H and O–H groups in total. The summed E-state index contributed by atoms with van der Waals surface area (Å²) in [5.74, 6) is 0.365. The summed E-state index contributed by atoms with van der Waals surface area (Å²) in [7, 11) is 1.62. The van der Waals surface area contributed by atoms with Crippen LogP contribution in [0.4, 0.5) is 0 Å². The van der Waals surface area contributed by atoms with Crippen molar-refractivity contribution in [2.24, 2.45) is 0 Å². The smallest absolute Gasteiger partial charge is 0.261 e. The number of pyridine rings is 1. The van der Waals surface area contributed by atoms with Crippen molar-refractivity contribution in [3.63, 3.8) is 0 Å². The molecule has 7 nitrogen and oxygen atoms in total. The minimum Gasteiger partial charge on any atom is -0.475 e. The Morgan fingerprint density at radius 1 is 1.17 bits per heavy atom. The van der Waals surface area contributed by atoms with Gasteiger partial charge in [0.05, 0.1) is 22.9 Å². The average molecular weight is 423 g/mol.